The average molecular weight is 621 g/mol. The Balaban J connectivity index is 3.39. The van der Waals surface area contributed by atoms with E-state index in [0.29, 0.717) is 0 Å². The first-order valence-corrected chi connectivity index (χ1v) is 14.6. The van der Waals surface area contributed by atoms with Gasteiger partial charge in [0.2, 0.25) is 29.5 Å². The van der Waals surface area contributed by atoms with Gasteiger partial charge in [-0.2, -0.15) is 0 Å². The summed E-state index contributed by atoms with van der Waals surface area (Å²) in [6.07, 6.45) is -0.567. The lowest BCUT2D eigenvalue weighted by Crippen LogP contribution is -2.59. The van der Waals surface area contributed by atoms with Crippen LogP contribution in [0.15, 0.2) is 4.99 Å². The third kappa shape index (κ3) is 13.0. The number of hydrogen-bond donors (Lipinski definition) is 9. The maximum absolute atomic E-state index is 13.4. The van der Waals surface area contributed by atoms with Crippen molar-refractivity contribution in [3.05, 3.63) is 0 Å². The number of carbonyl (C=O) groups is 7. The smallest absolute Gasteiger partial charge is 0.327 e. The van der Waals surface area contributed by atoms with Crippen LogP contribution in [-0.4, -0.2) is 105 Å². The van der Waals surface area contributed by atoms with Crippen LogP contribution in [0.25, 0.3) is 0 Å². The molecule has 19 heteroatoms. The van der Waals surface area contributed by atoms with E-state index in [-0.39, 0.29) is 31.1 Å². The van der Waals surface area contributed by atoms with E-state index in [1.54, 1.807) is 13.8 Å². The molecule has 1 aliphatic heterocycles. The van der Waals surface area contributed by atoms with Gasteiger partial charge >= 0.3 is 11.9 Å². The van der Waals surface area contributed by atoms with Crippen LogP contribution in [-0.2, 0) is 33.6 Å². The summed E-state index contributed by atoms with van der Waals surface area (Å²) < 4.78 is -1.07. The van der Waals surface area contributed by atoms with E-state index in [1.165, 1.54) is 6.92 Å². The second-order valence-electron chi connectivity index (χ2n) is 9.45. The number of nitrogens with two attached hydrogens (primary N) is 2. The SMILES string of the molecule is CC(=O)N[C@@H]1C(=O)N[C@@H](CCCN=C(N)N)C(=O)NCC(=O)N[C@@H](CC(=O)O)C(=O)N[C@H](C(=O)O)CSSC1(C)C. The van der Waals surface area contributed by atoms with Gasteiger partial charge in [0, 0.05) is 24.0 Å². The van der Waals surface area contributed by atoms with Gasteiger partial charge in [-0.25, -0.2) is 4.79 Å². The van der Waals surface area contributed by atoms with Crippen molar-refractivity contribution in [2.24, 2.45) is 16.5 Å². The maximum atomic E-state index is 13.4. The minimum atomic E-state index is -1.64. The first-order valence-electron chi connectivity index (χ1n) is 12.3. The molecule has 0 aromatic carbocycles. The fourth-order valence-corrected chi connectivity index (χ4v) is 6.26. The zero-order valence-electron chi connectivity index (χ0n) is 22.7. The highest BCUT2D eigenvalue weighted by Crippen LogP contribution is 2.38. The second-order valence-corrected chi connectivity index (χ2v) is 12.4. The number of carboxylic acid groups (broad SMARTS) is 2. The molecule has 11 N–H and O–H groups in total. The van der Waals surface area contributed by atoms with E-state index in [2.05, 4.69) is 31.6 Å². The number of aliphatic carboxylic acids is 2. The zero-order chi connectivity index (χ0) is 31.3. The van der Waals surface area contributed by atoms with Gasteiger partial charge in [-0.3, -0.25) is 33.8 Å². The first-order chi connectivity index (χ1) is 19.0. The highest BCUT2D eigenvalue weighted by atomic mass is 33.1. The van der Waals surface area contributed by atoms with Crippen molar-refractivity contribution in [3.63, 3.8) is 0 Å². The molecule has 0 unspecified atom stereocenters. The van der Waals surface area contributed by atoms with Gasteiger partial charge < -0.3 is 48.3 Å². The first kappa shape index (κ1) is 35.3. The summed E-state index contributed by atoms with van der Waals surface area (Å²) in [6, 6.07) is -5.51. The normalized spacial score (nSPS) is 24.4. The van der Waals surface area contributed by atoms with Gasteiger partial charge in [-0.15, -0.1) is 0 Å². The third-order valence-electron chi connectivity index (χ3n) is 5.46. The van der Waals surface area contributed by atoms with E-state index >= 15 is 0 Å². The van der Waals surface area contributed by atoms with Crippen molar-refractivity contribution in [1.29, 1.82) is 0 Å². The molecule has 41 heavy (non-hydrogen) atoms. The number of hydrogen-bond acceptors (Lipinski definition) is 10. The topological polar surface area (TPSA) is 284 Å². The molecule has 1 fully saturated rings. The van der Waals surface area contributed by atoms with E-state index in [4.69, 9.17) is 11.5 Å². The van der Waals surface area contributed by atoms with E-state index in [9.17, 15) is 43.8 Å². The van der Waals surface area contributed by atoms with E-state index in [1.807, 2.05) is 0 Å². The highest BCUT2D eigenvalue weighted by molar-refractivity contribution is 8.77. The number of nitrogens with zero attached hydrogens (tertiary/aromatic N) is 1. The Morgan fingerprint density at radius 3 is 2.24 bits per heavy atom. The molecule has 0 bridgehead atoms. The monoisotopic (exact) mass is 620 g/mol. The molecule has 5 amide bonds. The molecule has 0 aromatic heterocycles. The van der Waals surface area contributed by atoms with Crippen molar-refractivity contribution in [2.45, 2.75) is 68.9 Å². The van der Waals surface area contributed by atoms with Crippen LogP contribution in [0, 0.1) is 0 Å². The number of amides is 5. The van der Waals surface area contributed by atoms with Crippen LogP contribution in [0.2, 0.25) is 0 Å². The Morgan fingerprint density at radius 2 is 1.68 bits per heavy atom. The summed E-state index contributed by atoms with van der Waals surface area (Å²) in [5.41, 5.74) is 10.6. The van der Waals surface area contributed by atoms with Gasteiger partial charge in [0.25, 0.3) is 0 Å². The fourth-order valence-electron chi connectivity index (χ4n) is 3.45. The molecule has 17 nitrogen and oxygen atoms in total. The van der Waals surface area contributed by atoms with Crippen molar-refractivity contribution in [3.8, 4) is 0 Å². The molecule has 1 heterocycles. The molecule has 0 aliphatic carbocycles. The number of rotatable bonds is 8. The van der Waals surface area contributed by atoms with Gasteiger partial charge in [-0.1, -0.05) is 21.6 Å². The van der Waals surface area contributed by atoms with Crippen molar-refractivity contribution < 1.29 is 43.8 Å². The maximum Gasteiger partial charge on any atom is 0.327 e. The quantitative estimate of drug-likeness (QED) is 0.0561. The minimum absolute atomic E-state index is 0.0371. The van der Waals surface area contributed by atoms with Crippen LogP contribution in [0.1, 0.15) is 40.0 Å². The van der Waals surface area contributed by atoms with Crippen LogP contribution in [0.4, 0.5) is 0 Å². The lowest BCUT2D eigenvalue weighted by Gasteiger charge is -2.33. The van der Waals surface area contributed by atoms with Crippen LogP contribution in [0.5, 0.6) is 0 Å². The standard InChI is InChI=1S/C22H36N8O9S2/c1-10(31)27-16-19(37)29-11(5-4-6-25-21(23)24)17(35)26-8-14(32)28-12(7-15(33)34)18(36)30-13(20(38)39)9-40-41-22(16,2)3/h11-13,16H,4-9H2,1-3H3,(H,26,35)(H,27,31)(H,28,32)(H,29,37)(H,30,36)(H,33,34)(H,38,39)(H4,23,24,25)/t11-,12-,13-,16+/m0/s1. The van der Waals surface area contributed by atoms with Crippen LogP contribution >= 0.6 is 21.6 Å². The number of carboxylic acids is 2. The van der Waals surface area contributed by atoms with E-state index < -0.39 is 83.4 Å². The summed E-state index contributed by atoms with van der Waals surface area (Å²) in [7, 11) is 2.03. The molecule has 0 saturated carbocycles. The van der Waals surface area contributed by atoms with Gasteiger partial charge in [0.1, 0.15) is 24.2 Å². The summed E-state index contributed by atoms with van der Waals surface area (Å²) in [6.45, 7) is 3.87. The van der Waals surface area contributed by atoms with Gasteiger partial charge in [0.05, 0.1) is 13.0 Å². The molecule has 1 saturated heterocycles. The number of nitrogens with one attached hydrogen (secondary N) is 5. The largest absolute Gasteiger partial charge is 0.481 e. The van der Waals surface area contributed by atoms with Gasteiger partial charge in [-0.05, 0) is 26.7 Å². The Kier molecular flexibility index (Phi) is 14.2. The molecule has 230 valence electrons. The predicted octanol–water partition coefficient (Wildman–Crippen LogP) is -3.15. The summed E-state index contributed by atoms with van der Waals surface area (Å²) >= 11 is 0. The summed E-state index contributed by atoms with van der Waals surface area (Å²) in [5, 5.41) is 30.6. The van der Waals surface area contributed by atoms with Crippen molar-refractivity contribution >= 4 is 69.0 Å². The third-order valence-corrected chi connectivity index (χ3v) is 8.76. The Hall–Kier alpha value is -3.74. The Bertz CT molecular complexity index is 1050. The number of guanidine groups is 1. The van der Waals surface area contributed by atoms with Crippen molar-refractivity contribution in [2.75, 3.05) is 18.8 Å². The molecular formula is C22H36N8O9S2. The Labute approximate surface area is 243 Å². The summed E-state index contributed by atoms with van der Waals surface area (Å²) in [5.74, 6) is -7.29. The summed E-state index contributed by atoms with van der Waals surface area (Å²) in [4.78, 5) is 90.4. The van der Waals surface area contributed by atoms with E-state index in [0.717, 1.165) is 21.6 Å². The molecular weight excluding hydrogens is 584 g/mol. The molecule has 4 atom stereocenters. The van der Waals surface area contributed by atoms with Crippen LogP contribution in [0.3, 0.4) is 0 Å². The molecule has 0 spiro atoms. The predicted molar refractivity (Wildman–Crippen MR) is 150 cm³/mol. The number of carbonyl (C=O) groups excluding carboxylic acids is 5. The Morgan fingerprint density at radius 1 is 1.02 bits per heavy atom. The lowest BCUT2D eigenvalue weighted by molar-refractivity contribution is -0.143. The lowest BCUT2D eigenvalue weighted by atomic mass is 10.0. The number of aliphatic imine (C=N–C) groups is 1. The minimum Gasteiger partial charge on any atom is -0.481 e. The van der Waals surface area contributed by atoms with Gasteiger partial charge in [0.15, 0.2) is 5.96 Å². The van der Waals surface area contributed by atoms with Crippen molar-refractivity contribution in [1.82, 2.24) is 26.6 Å². The molecule has 0 radical (unpaired) electrons. The molecule has 1 aliphatic rings. The second kappa shape index (κ2) is 16.5. The molecule has 0 aromatic rings. The zero-order valence-corrected chi connectivity index (χ0v) is 24.4. The average Bonchev–Trinajstić information content (AvgIpc) is 2.85. The molecule has 1 rings (SSSR count). The van der Waals surface area contributed by atoms with Crippen LogP contribution < -0.4 is 38.1 Å². The fraction of sp³-hybridized carbons (Fsp3) is 0.636. The highest BCUT2D eigenvalue weighted by Gasteiger charge is 2.39.